The molecule has 6 rings (SSSR count). The first kappa shape index (κ1) is 37.7. The average molecular weight is 764 g/mol. The molecule has 1 aliphatic heterocycles. The van der Waals surface area contributed by atoms with Gasteiger partial charge in [0.2, 0.25) is 5.91 Å². The predicted octanol–water partition coefficient (Wildman–Crippen LogP) is 9.88. The van der Waals surface area contributed by atoms with Crippen molar-refractivity contribution in [2.75, 3.05) is 6.54 Å². The van der Waals surface area contributed by atoms with Crippen LogP contribution in [0.5, 0.6) is 0 Å². The fraction of sp³-hybridized carbons (Fsp3) is 0.368. The van der Waals surface area contributed by atoms with Crippen LogP contribution in [-0.4, -0.2) is 34.2 Å². The van der Waals surface area contributed by atoms with Crippen molar-refractivity contribution in [3.05, 3.63) is 93.2 Å². The highest BCUT2D eigenvalue weighted by Crippen LogP contribution is 2.43. The summed E-state index contributed by atoms with van der Waals surface area (Å²) >= 11 is 13.7. The molecular weight excluding hydrogens is 729 g/mol. The van der Waals surface area contributed by atoms with Gasteiger partial charge >= 0.3 is 12.4 Å². The van der Waals surface area contributed by atoms with Gasteiger partial charge in [-0.3, -0.25) is 9.59 Å². The zero-order chi connectivity index (χ0) is 37.2. The summed E-state index contributed by atoms with van der Waals surface area (Å²) in [5, 5.41) is 5.96. The maximum Gasteiger partial charge on any atom is 0.433 e. The summed E-state index contributed by atoms with van der Waals surface area (Å²) in [6.45, 7) is 0.326. The second kappa shape index (κ2) is 15.5. The number of benzene rings is 2. The number of Topliss-reactive ketones (excluding diaryl/α,β-unsaturated/α-hetero) is 1. The van der Waals surface area contributed by atoms with Gasteiger partial charge in [-0.2, -0.15) is 26.3 Å². The fourth-order valence-corrected chi connectivity index (χ4v) is 7.55. The van der Waals surface area contributed by atoms with E-state index in [2.05, 4.69) is 20.6 Å². The summed E-state index contributed by atoms with van der Waals surface area (Å²) in [7, 11) is 0. The van der Waals surface area contributed by atoms with Crippen molar-refractivity contribution in [1.82, 2.24) is 20.6 Å². The van der Waals surface area contributed by atoms with Gasteiger partial charge in [0.05, 0.1) is 21.4 Å². The fourth-order valence-electron chi connectivity index (χ4n) is 6.90. The lowest BCUT2D eigenvalue weighted by atomic mass is 9.97. The van der Waals surface area contributed by atoms with Crippen molar-refractivity contribution in [3.8, 4) is 33.6 Å². The molecule has 52 heavy (non-hydrogen) atoms. The minimum absolute atomic E-state index is 0.0153. The van der Waals surface area contributed by atoms with Crippen molar-refractivity contribution in [1.29, 1.82) is 0 Å². The van der Waals surface area contributed by atoms with Crippen LogP contribution in [0.4, 0.5) is 26.3 Å². The number of carbonyl (C=O) groups is 2. The summed E-state index contributed by atoms with van der Waals surface area (Å²) in [5.41, 5.74) is -1.07. The lowest BCUT2D eigenvalue weighted by Crippen LogP contribution is -2.25. The Balaban J connectivity index is 1.27. The Hall–Kier alpha value is -4.00. The van der Waals surface area contributed by atoms with Crippen molar-refractivity contribution < 1.29 is 35.9 Å². The summed E-state index contributed by atoms with van der Waals surface area (Å²) < 4.78 is 85.3. The van der Waals surface area contributed by atoms with Gasteiger partial charge in [0, 0.05) is 54.1 Å². The first-order valence-electron chi connectivity index (χ1n) is 16.9. The zero-order valence-corrected chi connectivity index (χ0v) is 29.2. The second-order valence-electron chi connectivity index (χ2n) is 13.2. The molecule has 1 saturated heterocycles. The van der Waals surface area contributed by atoms with Gasteiger partial charge in [-0.25, -0.2) is 9.97 Å². The van der Waals surface area contributed by atoms with Crippen LogP contribution in [0.2, 0.25) is 10.0 Å². The lowest BCUT2D eigenvalue weighted by molar-refractivity contribution is -0.142. The smallest absolute Gasteiger partial charge is 0.353 e. The first-order chi connectivity index (χ1) is 24.7. The zero-order valence-electron chi connectivity index (χ0n) is 27.7. The summed E-state index contributed by atoms with van der Waals surface area (Å²) in [6.07, 6.45) is -5.71. The number of amides is 1. The molecule has 2 N–H and O–H groups in total. The van der Waals surface area contributed by atoms with Gasteiger partial charge in [-0.1, -0.05) is 71.7 Å². The molecular formula is C38H34Cl2F6N4O2. The molecule has 6 nitrogen and oxygen atoms in total. The molecule has 2 fully saturated rings. The third-order valence-electron chi connectivity index (χ3n) is 9.51. The molecule has 1 saturated carbocycles. The van der Waals surface area contributed by atoms with E-state index in [0.29, 0.717) is 62.6 Å². The lowest BCUT2D eigenvalue weighted by Gasteiger charge is -2.17. The predicted molar refractivity (Wildman–Crippen MR) is 187 cm³/mol. The molecule has 2 atom stereocenters. The maximum atomic E-state index is 14.2. The highest BCUT2D eigenvalue weighted by atomic mass is 35.5. The van der Waals surface area contributed by atoms with E-state index in [1.807, 2.05) is 0 Å². The topological polar surface area (TPSA) is 84.0 Å². The summed E-state index contributed by atoms with van der Waals surface area (Å²) in [5.74, 6) is 0.188. The highest BCUT2D eigenvalue weighted by Gasteiger charge is 2.37. The number of ketones is 1. The molecule has 0 radical (unpaired) electrons. The Kier molecular flexibility index (Phi) is 11.3. The molecule has 0 bridgehead atoms. The van der Waals surface area contributed by atoms with Gasteiger partial charge < -0.3 is 10.6 Å². The second-order valence-corrected chi connectivity index (χ2v) is 14.0. The molecule has 1 aliphatic carbocycles. The van der Waals surface area contributed by atoms with E-state index in [1.165, 1.54) is 36.4 Å². The summed E-state index contributed by atoms with van der Waals surface area (Å²) in [6, 6.07) is 15.0. The average Bonchev–Trinajstić information content (AvgIpc) is 3.71. The minimum Gasteiger partial charge on any atom is -0.353 e. The SMILES string of the molecule is O=C1CC[C@@H](CNCc2ccc(-c3cccc(-c4cccc(-c5ccc(CCC[C@@H]6CCC(=O)N6)c(C(F)(F)F)n5)c4Cl)c3Cl)nc2C(F)(F)F)C1. The van der Waals surface area contributed by atoms with Crippen molar-refractivity contribution in [2.45, 2.75) is 76.3 Å². The molecule has 2 aromatic carbocycles. The normalized spacial score (nSPS) is 17.9. The summed E-state index contributed by atoms with van der Waals surface area (Å²) in [4.78, 5) is 31.0. The number of nitrogens with one attached hydrogen (secondary N) is 2. The number of carbonyl (C=O) groups excluding carboxylic acids is 2. The molecule has 4 aromatic rings. The molecule has 1 amide bonds. The van der Waals surface area contributed by atoms with E-state index in [4.69, 9.17) is 23.2 Å². The van der Waals surface area contributed by atoms with E-state index < -0.39 is 23.7 Å². The first-order valence-corrected chi connectivity index (χ1v) is 17.7. The van der Waals surface area contributed by atoms with Gasteiger partial charge in [0.15, 0.2) is 0 Å². The van der Waals surface area contributed by atoms with E-state index in [-0.39, 0.29) is 80.3 Å². The van der Waals surface area contributed by atoms with Crippen LogP contribution in [-0.2, 0) is 34.9 Å². The number of hydrogen-bond donors (Lipinski definition) is 2. The van der Waals surface area contributed by atoms with Crippen LogP contribution >= 0.6 is 23.2 Å². The highest BCUT2D eigenvalue weighted by molar-refractivity contribution is 6.39. The minimum atomic E-state index is -4.76. The van der Waals surface area contributed by atoms with Crippen LogP contribution in [0, 0.1) is 5.92 Å². The number of nitrogens with zero attached hydrogens (tertiary/aromatic N) is 2. The largest absolute Gasteiger partial charge is 0.433 e. The van der Waals surface area contributed by atoms with E-state index >= 15 is 0 Å². The van der Waals surface area contributed by atoms with Crippen LogP contribution in [0.1, 0.15) is 67.5 Å². The number of rotatable bonds is 11. The molecule has 0 unspecified atom stereocenters. The van der Waals surface area contributed by atoms with E-state index in [0.717, 1.165) is 0 Å². The number of halogens is 8. The number of hydrogen-bond acceptors (Lipinski definition) is 5. The third-order valence-corrected chi connectivity index (χ3v) is 10.3. The van der Waals surface area contributed by atoms with Crippen LogP contribution in [0.15, 0.2) is 60.7 Å². The Morgan fingerprint density at radius 3 is 1.81 bits per heavy atom. The molecule has 2 aliphatic rings. The third kappa shape index (κ3) is 8.61. The van der Waals surface area contributed by atoms with Crippen molar-refractivity contribution in [3.63, 3.8) is 0 Å². The number of pyridine rings is 2. The Morgan fingerprint density at radius 1 is 0.731 bits per heavy atom. The molecule has 2 aromatic heterocycles. The van der Waals surface area contributed by atoms with Crippen LogP contribution < -0.4 is 10.6 Å². The van der Waals surface area contributed by atoms with Gasteiger partial charge in [-0.05, 0) is 67.8 Å². The standard InChI is InChI=1S/C38H34Cl2F6N4O2/c39-33-26(6-2-8-28(33)30-15-11-22(35(49-30)37(41,42)43)4-1-5-24-13-17-32(52)48-24)27-7-3-9-29(34(27)40)31-16-12-23(36(50-31)38(44,45)46)20-47-19-21-10-14-25(51)18-21/h2-3,6-9,11-12,15-16,21,24,47H,1,4-5,10,13-14,17-20H2,(H,48,52)/t21-,24-/m1/s1. The molecule has 3 heterocycles. The Bertz CT molecular complexity index is 1840. The van der Waals surface area contributed by atoms with Crippen LogP contribution in [0.3, 0.4) is 0 Å². The Morgan fingerprint density at radius 2 is 1.29 bits per heavy atom. The van der Waals surface area contributed by atoms with E-state index in [9.17, 15) is 35.9 Å². The number of alkyl halides is 6. The van der Waals surface area contributed by atoms with Gasteiger partial charge in [0.25, 0.3) is 0 Å². The Labute approximate surface area is 306 Å². The monoisotopic (exact) mass is 762 g/mol. The quantitative estimate of drug-likeness (QED) is 0.149. The van der Waals surface area contributed by atoms with Crippen molar-refractivity contribution in [2.24, 2.45) is 5.92 Å². The van der Waals surface area contributed by atoms with E-state index in [1.54, 1.807) is 24.3 Å². The van der Waals surface area contributed by atoms with Gasteiger partial charge in [0.1, 0.15) is 17.2 Å². The van der Waals surface area contributed by atoms with Crippen LogP contribution in [0.25, 0.3) is 33.6 Å². The maximum absolute atomic E-state index is 14.2. The molecule has 274 valence electrons. The molecule has 14 heteroatoms. The number of aromatic nitrogens is 2. The molecule has 0 spiro atoms. The van der Waals surface area contributed by atoms with Crippen molar-refractivity contribution >= 4 is 34.9 Å². The number of aryl methyl sites for hydroxylation is 1. The van der Waals surface area contributed by atoms with Gasteiger partial charge in [-0.15, -0.1) is 0 Å².